The summed E-state index contributed by atoms with van der Waals surface area (Å²) in [6, 6.07) is 1.57. The Kier molecular flexibility index (Phi) is 4.69. The van der Waals surface area contributed by atoms with E-state index in [-0.39, 0.29) is 0 Å². The summed E-state index contributed by atoms with van der Waals surface area (Å²) in [5, 5.41) is 3.88. The number of hydrogen-bond acceptors (Lipinski definition) is 1. The van der Waals surface area contributed by atoms with E-state index in [0.717, 1.165) is 23.9 Å². The van der Waals surface area contributed by atoms with Crippen molar-refractivity contribution < 1.29 is 0 Å². The number of rotatable bonds is 4. The van der Waals surface area contributed by atoms with Gasteiger partial charge in [0.1, 0.15) is 0 Å². The van der Waals surface area contributed by atoms with Crippen molar-refractivity contribution in [3.8, 4) is 0 Å². The summed E-state index contributed by atoms with van der Waals surface area (Å²) in [5.74, 6) is 2.01. The summed E-state index contributed by atoms with van der Waals surface area (Å²) in [5.41, 5.74) is 0. The summed E-state index contributed by atoms with van der Waals surface area (Å²) < 4.78 is 0. The van der Waals surface area contributed by atoms with E-state index in [1.54, 1.807) is 0 Å². The third kappa shape index (κ3) is 3.76. The second-order valence-electron chi connectivity index (χ2n) is 6.41. The van der Waals surface area contributed by atoms with Gasteiger partial charge in [-0.2, -0.15) is 0 Å². The molecule has 0 aliphatic heterocycles. The van der Waals surface area contributed by atoms with Crippen LogP contribution in [0.15, 0.2) is 0 Å². The second kappa shape index (κ2) is 6.05. The molecule has 0 aromatic heterocycles. The average molecular weight is 223 g/mol. The maximum atomic E-state index is 3.88. The Bertz CT molecular complexity index is 198. The predicted octanol–water partition coefficient (Wildman–Crippen LogP) is 4.12. The Morgan fingerprint density at radius 2 is 1.75 bits per heavy atom. The van der Waals surface area contributed by atoms with Crippen molar-refractivity contribution in [2.24, 2.45) is 11.8 Å². The normalized spacial score (nSPS) is 34.1. The molecule has 3 atom stereocenters. The third-order valence-electron chi connectivity index (χ3n) is 4.69. The summed E-state index contributed by atoms with van der Waals surface area (Å²) in [7, 11) is 0. The molecule has 0 bridgehead atoms. The predicted molar refractivity (Wildman–Crippen MR) is 70.6 cm³/mol. The molecular weight excluding hydrogens is 194 g/mol. The first-order valence-corrected chi connectivity index (χ1v) is 7.50. The highest BCUT2D eigenvalue weighted by molar-refractivity contribution is 4.79. The van der Waals surface area contributed by atoms with Crippen molar-refractivity contribution in [3.05, 3.63) is 0 Å². The van der Waals surface area contributed by atoms with Gasteiger partial charge in [0.15, 0.2) is 0 Å². The molecule has 0 spiro atoms. The zero-order chi connectivity index (χ0) is 11.4. The highest BCUT2D eigenvalue weighted by atomic mass is 14.9. The highest BCUT2D eigenvalue weighted by Crippen LogP contribution is 2.31. The Labute approximate surface area is 101 Å². The Hall–Kier alpha value is -0.0400. The van der Waals surface area contributed by atoms with E-state index in [1.165, 1.54) is 57.8 Å². The van der Waals surface area contributed by atoms with Gasteiger partial charge in [0, 0.05) is 12.1 Å². The second-order valence-corrected chi connectivity index (χ2v) is 6.41. The molecule has 2 saturated carbocycles. The molecule has 2 fully saturated rings. The van der Waals surface area contributed by atoms with Crippen LogP contribution in [0.4, 0.5) is 0 Å². The van der Waals surface area contributed by atoms with Crippen LogP contribution in [0.25, 0.3) is 0 Å². The molecule has 3 unspecified atom stereocenters. The van der Waals surface area contributed by atoms with Crippen LogP contribution in [0.2, 0.25) is 0 Å². The van der Waals surface area contributed by atoms with Gasteiger partial charge in [-0.25, -0.2) is 0 Å². The lowest BCUT2D eigenvalue weighted by molar-refractivity contribution is 0.253. The molecule has 1 heteroatoms. The van der Waals surface area contributed by atoms with E-state index in [4.69, 9.17) is 0 Å². The summed E-state index contributed by atoms with van der Waals surface area (Å²) in [6.07, 6.45) is 13.1. The zero-order valence-electron chi connectivity index (χ0n) is 11.2. The van der Waals surface area contributed by atoms with Gasteiger partial charge >= 0.3 is 0 Å². The quantitative estimate of drug-likeness (QED) is 0.707. The lowest BCUT2D eigenvalue weighted by atomic mass is 9.81. The smallest absolute Gasteiger partial charge is 0.00696 e. The molecule has 0 aromatic rings. The van der Waals surface area contributed by atoms with Crippen molar-refractivity contribution in [2.75, 3.05) is 0 Å². The largest absolute Gasteiger partial charge is 0.311 e. The molecular formula is C15H29N. The van der Waals surface area contributed by atoms with Gasteiger partial charge in [0.2, 0.25) is 0 Å². The average Bonchev–Trinajstić information content (AvgIpc) is 2.38. The van der Waals surface area contributed by atoms with Gasteiger partial charge in [0.25, 0.3) is 0 Å². The highest BCUT2D eigenvalue weighted by Gasteiger charge is 2.22. The van der Waals surface area contributed by atoms with E-state index < -0.39 is 0 Å². The summed E-state index contributed by atoms with van der Waals surface area (Å²) >= 11 is 0. The maximum absolute atomic E-state index is 3.88. The summed E-state index contributed by atoms with van der Waals surface area (Å²) in [4.78, 5) is 0. The van der Waals surface area contributed by atoms with Gasteiger partial charge in [-0.3, -0.25) is 0 Å². The molecule has 0 saturated heterocycles. The first-order valence-electron chi connectivity index (χ1n) is 7.50. The minimum Gasteiger partial charge on any atom is -0.311 e. The molecule has 2 aliphatic carbocycles. The number of nitrogens with one attached hydrogen (secondary N) is 1. The molecule has 2 rings (SSSR count). The van der Waals surface area contributed by atoms with Crippen molar-refractivity contribution in [1.29, 1.82) is 0 Å². The van der Waals surface area contributed by atoms with Crippen LogP contribution in [0, 0.1) is 11.8 Å². The van der Waals surface area contributed by atoms with Gasteiger partial charge in [-0.1, -0.05) is 39.0 Å². The first kappa shape index (κ1) is 12.4. The van der Waals surface area contributed by atoms with E-state index in [2.05, 4.69) is 19.2 Å². The van der Waals surface area contributed by atoms with Crippen LogP contribution >= 0.6 is 0 Å². The lowest BCUT2D eigenvalue weighted by Gasteiger charge is -2.30. The first-order chi connectivity index (χ1) is 7.74. The van der Waals surface area contributed by atoms with Crippen LogP contribution in [0.3, 0.4) is 0 Å². The molecule has 0 amide bonds. The monoisotopic (exact) mass is 223 g/mol. The molecule has 2 aliphatic rings. The Balaban J connectivity index is 1.66. The molecule has 1 N–H and O–H groups in total. The van der Waals surface area contributed by atoms with Crippen LogP contribution in [0.5, 0.6) is 0 Å². The van der Waals surface area contributed by atoms with E-state index >= 15 is 0 Å². The SMILES string of the molecule is CC1CCCC(NC(C)CC2CCC2)CC1. The zero-order valence-corrected chi connectivity index (χ0v) is 11.2. The number of hydrogen-bond donors (Lipinski definition) is 1. The van der Waals surface area contributed by atoms with Gasteiger partial charge in [-0.15, -0.1) is 0 Å². The van der Waals surface area contributed by atoms with Crippen molar-refractivity contribution in [3.63, 3.8) is 0 Å². The fourth-order valence-electron chi connectivity index (χ4n) is 3.35. The van der Waals surface area contributed by atoms with Crippen molar-refractivity contribution >= 4 is 0 Å². The summed E-state index contributed by atoms with van der Waals surface area (Å²) in [6.45, 7) is 4.81. The molecule has 0 heterocycles. The van der Waals surface area contributed by atoms with E-state index in [9.17, 15) is 0 Å². The topological polar surface area (TPSA) is 12.0 Å². The molecule has 16 heavy (non-hydrogen) atoms. The van der Waals surface area contributed by atoms with Gasteiger partial charge in [0.05, 0.1) is 0 Å². The van der Waals surface area contributed by atoms with Crippen molar-refractivity contribution in [2.45, 2.75) is 83.7 Å². The third-order valence-corrected chi connectivity index (χ3v) is 4.69. The molecule has 0 radical (unpaired) electrons. The molecule has 0 aromatic carbocycles. The van der Waals surface area contributed by atoms with Crippen LogP contribution < -0.4 is 5.32 Å². The van der Waals surface area contributed by atoms with Crippen LogP contribution in [0.1, 0.15) is 71.6 Å². The maximum Gasteiger partial charge on any atom is 0.00696 e. The van der Waals surface area contributed by atoms with Crippen LogP contribution in [-0.4, -0.2) is 12.1 Å². The Morgan fingerprint density at radius 1 is 1.00 bits per heavy atom. The van der Waals surface area contributed by atoms with Gasteiger partial charge in [-0.05, 0) is 44.4 Å². The lowest BCUT2D eigenvalue weighted by Crippen LogP contribution is -2.38. The van der Waals surface area contributed by atoms with Crippen LogP contribution in [-0.2, 0) is 0 Å². The minimum atomic E-state index is 0.753. The van der Waals surface area contributed by atoms with E-state index in [1.807, 2.05) is 0 Å². The minimum absolute atomic E-state index is 0.753. The van der Waals surface area contributed by atoms with Gasteiger partial charge < -0.3 is 5.32 Å². The fourth-order valence-corrected chi connectivity index (χ4v) is 3.35. The molecule has 94 valence electrons. The fraction of sp³-hybridized carbons (Fsp3) is 1.00. The van der Waals surface area contributed by atoms with Crippen molar-refractivity contribution in [1.82, 2.24) is 5.32 Å². The molecule has 1 nitrogen and oxygen atoms in total. The Morgan fingerprint density at radius 3 is 2.44 bits per heavy atom. The standard InChI is InChI=1S/C15H29N/c1-12-5-3-8-15(10-9-12)16-13(2)11-14-6-4-7-14/h12-16H,3-11H2,1-2H3. The van der Waals surface area contributed by atoms with E-state index in [0.29, 0.717) is 0 Å².